The van der Waals surface area contributed by atoms with Crippen molar-refractivity contribution in [2.75, 3.05) is 6.54 Å². The summed E-state index contributed by atoms with van der Waals surface area (Å²) in [6, 6.07) is 5.35. The van der Waals surface area contributed by atoms with E-state index in [9.17, 15) is 4.39 Å². The van der Waals surface area contributed by atoms with Crippen LogP contribution in [0.25, 0.3) is 0 Å². The average Bonchev–Trinajstić information content (AvgIpc) is 2.07. The lowest BCUT2D eigenvalue weighted by molar-refractivity contribution is 0.615. The molecule has 0 atom stereocenters. The molecule has 1 aromatic rings. The molecule has 0 saturated heterocycles. The summed E-state index contributed by atoms with van der Waals surface area (Å²) in [5.74, 6) is -0.121. The van der Waals surface area contributed by atoms with Crippen LogP contribution in [-0.2, 0) is 6.42 Å². The van der Waals surface area contributed by atoms with E-state index in [0.29, 0.717) is 12.1 Å². The van der Waals surface area contributed by atoms with Crippen molar-refractivity contribution in [2.24, 2.45) is 5.73 Å². The Kier molecular flexibility index (Phi) is 3.23. The van der Waals surface area contributed by atoms with Crippen molar-refractivity contribution in [1.29, 1.82) is 0 Å². The number of benzene rings is 1. The van der Waals surface area contributed by atoms with Crippen molar-refractivity contribution in [3.05, 3.63) is 35.1 Å². The first-order chi connectivity index (χ1) is 5.74. The number of nitrogens with two attached hydrogens (primary N) is 1. The molecule has 1 nitrogen and oxygen atoms in total. The van der Waals surface area contributed by atoms with E-state index < -0.39 is 0 Å². The van der Waals surface area contributed by atoms with Gasteiger partial charge in [-0.15, -0.1) is 0 Å². The summed E-state index contributed by atoms with van der Waals surface area (Å²) in [5.41, 5.74) is 7.08. The predicted molar refractivity (Wildman–Crippen MR) is 48.5 cm³/mol. The highest BCUT2D eigenvalue weighted by Crippen LogP contribution is 2.10. The van der Waals surface area contributed by atoms with E-state index in [4.69, 9.17) is 5.73 Å². The molecule has 0 aliphatic carbocycles. The normalized spacial score (nSPS) is 10.2. The van der Waals surface area contributed by atoms with Crippen molar-refractivity contribution >= 4 is 0 Å². The Balaban J connectivity index is 2.69. The fourth-order valence-electron chi connectivity index (χ4n) is 1.10. The third kappa shape index (κ3) is 2.31. The van der Waals surface area contributed by atoms with Gasteiger partial charge in [0.1, 0.15) is 5.82 Å². The van der Waals surface area contributed by atoms with Crippen molar-refractivity contribution < 1.29 is 4.39 Å². The zero-order valence-electron chi connectivity index (χ0n) is 7.31. The largest absolute Gasteiger partial charge is 0.330 e. The Morgan fingerprint density at radius 3 is 2.75 bits per heavy atom. The molecule has 66 valence electrons. The first kappa shape index (κ1) is 9.20. The molecule has 0 radical (unpaired) electrons. The SMILES string of the molecule is Cc1ccc(CCCN)cc1F. The molecule has 1 rings (SSSR count). The summed E-state index contributed by atoms with van der Waals surface area (Å²) in [6.07, 6.45) is 1.79. The second-order valence-electron chi connectivity index (χ2n) is 2.98. The summed E-state index contributed by atoms with van der Waals surface area (Å²) in [5, 5.41) is 0. The molecule has 0 bridgehead atoms. The molecule has 0 unspecified atom stereocenters. The Morgan fingerprint density at radius 1 is 1.42 bits per heavy atom. The summed E-state index contributed by atoms with van der Waals surface area (Å²) in [7, 11) is 0. The molecule has 0 aliphatic rings. The highest BCUT2D eigenvalue weighted by molar-refractivity contribution is 5.23. The highest BCUT2D eigenvalue weighted by Gasteiger charge is 1.98. The van der Waals surface area contributed by atoms with Crippen molar-refractivity contribution in [3.63, 3.8) is 0 Å². The van der Waals surface area contributed by atoms with Gasteiger partial charge in [0.15, 0.2) is 0 Å². The van der Waals surface area contributed by atoms with Crippen LogP contribution in [-0.4, -0.2) is 6.54 Å². The van der Waals surface area contributed by atoms with Gasteiger partial charge in [0.25, 0.3) is 0 Å². The molecule has 0 aliphatic heterocycles. The van der Waals surface area contributed by atoms with Crippen LogP contribution in [0.2, 0.25) is 0 Å². The van der Waals surface area contributed by atoms with Crippen LogP contribution in [0.5, 0.6) is 0 Å². The number of hydrogen-bond donors (Lipinski definition) is 1. The Labute approximate surface area is 72.4 Å². The van der Waals surface area contributed by atoms with E-state index in [-0.39, 0.29) is 5.82 Å². The molecule has 2 heteroatoms. The lowest BCUT2D eigenvalue weighted by atomic mass is 10.1. The summed E-state index contributed by atoms with van der Waals surface area (Å²) < 4.78 is 13.0. The minimum absolute atomic E-state index is 0.121. The van der Waals surface area contributed by atoms with E-state index in [1.165, 1.54) is 0 Å². The summed E-state index contributed by atoms with van der Waals surface area (Å²) in [4.78, 5) is 0. The van der Waals surface area contributed by atoms with Crippen LogP contribution in [0.15, 0.2) is 18.2 Å². The van der Waals surface area contributed by atoms with Gasteiger partial charge >= 0.3 is 0 Å². The Morgan fingerprint density at radius 2 is 2.17 bits per heavy atom. The van der Waals surface area contributed by atoms with Gasteiger partial charge in [-0.25, -0.2) is 4.39 Å². The zero-order chi connectivity index (χ0) is 8.97. The summed E-state index contributed by atoms with van der Waals surface area (Å²) >= 11 is 0. The van der Waals surface area contributed by atoms with Crippen LogP contribution < -0.4 is 5.73 Å². The molecule has 0 aromatic heterocycles. The lowest BCUT2D eigenvalue weighted by Crippen LogP contribution is -2.00. The third-order valence-corrected chi connectivity index (χ3v) is 1.91. The maximum Gasteiger partial charge on any atom is 0.126 e. The van der Waals surface area contributed by atoms with Crippen molar-refractivity contribution in [2.45, 2.75) is 19.8 Å². The van der Waals surface area contributed by atoms with Gasteiger partial charge in [0, 0.05) is 0 Å². The van der Waals surface area contributed by atoms with Crippen LogP contribution in [0.3, 0.4) is 0 Å². The van der Waals surface area contributed by atoms with E-state index in [1.807, 2.05) is 6.07 Å². The van der Waals surface area contributed by atoms with E-state index in [1.54, 1.807) is 19.1 Å². The summed E-state index contributed by atoms with van der Waals surface area (Å²) in [6.45, 7) is 2.43. The molecule has 12 heavy (non-hydrogen) atoms. The molecule has 0 heterocycles. The van der Waals surface area contributed by atoms with E-state index in [2.05, 4.69) is 0 Å². The molecule has 0 fully saturated rings. The van der Waals surface area contributed by atoms with Crippen LogP contribution in [0, 0.1) is 12.7 Å². The number of halogens is 1. The molecule has 2 N–H and O–H groups in total. The van der Waals surface area contributed by atoms with Gasteiger partial charge in [-0.3, -0.25) is 0 Å². The first-order valence-corrected chi connectivity index (χ1v) is 4.19. The molecular formula is C10H14FN. The van der Waals surface area contributed by atoms with Gasteiger partial charge in [-0.2, -0.15) is 0 Å². The van der Waals surface area contributed by atoms with Crippen LogP contribution >= 0.6 is 0 Å². The topological polar surface area (TPSA) is 26.0 Å². The van der Waals surface area contributed by atoms with Gasteiger partial charge < -0.3 is 5.73 Å². The van der Waals surface area contributed by atoms with Gasteiger partial charge in [-0.1, -0.05) is 12.1 Å². The quantitative estimate of drug-likeness (QED) is 0.732. The van der Waals surface area contributed by atoms with E-state index >= 15 is 0 Å². The minimum Gasteiger partial charge on any atom is -0.330 e. The average molecular weight is 167 g/mol. The predicted octanol–water partition coefficient (Wildman–Crippen LogP) is 2.03. The second kappa shape index (κ2) is 4.21. The smallest absolute Gasteiger partial charge is 0.126 e. The van der Waals surface area contributed by atoms with E-state index in [0.717, 1.165) is 18.4 Å². The fourth-order valence-corrected chi connectivity index (χ4v) is 1.10. The zero-order valence-corrected chi connectivity index (χ0v) is 7.31. The maximum absolute atomic E-state index is 13.0. The Bertz CT molecular complexity index is 258. The number of rotatable bonds is 3. The molecule has 0 amide bonds. The fraction of sp³-hybridized carbons (Fsp3) is 0.400. The molecular weight excluding hydrogens is 153 g/mol. The minimum atomic E-state index is -0.121. The third-order valence-electron chi connectivity index (χ3n) is 1.91. The van der Waals surface area contributed by atoms with Crippen molar-refractivity contribution in [1.82, 2.24) is 0 Å². The standard InChI is InChI=1S/C10H14FN/c1-8-4-5-9(3-2-6-12)7-10(8)11/h4-5,7H,2-3,6,12H2,1H3. The van der Waals surface area contributed by atoms with Gasteiger partial charge in [0.05, 0.1) is 0 Å². The lowest BCUT2D eigenvalue weighted by Gasteiger charge is -2.01. The van der Waals surface area contributed by atoms with Crippen LogP contribution in [0.1, 0.15) is 17.5 Å². The maximum atomic E-state index is 13.0. The van der Waals surface area contributed by atoms with Gasteiger partial charge in [-0.05, 0) is 43.5 Å². The monoisotopic (exact) mass is 167 g/mol. The van der Waals surface area contributed by atoms with Gasteiger partial charge in [0.2, 0.25) is 0 Å². The Hall–Kier alpha value is -0.890. The molecule has 0 saturated carbocycles. The molecule has 1 aromatic carbocycles. The first-order valence-electron chi connectivity index (χ1n) is 4.19. The van der Waals surface area contributed by atoms with Crippen molar-refractivity contribution in [3.8, 4) is 0 Å². The van der Waals surface area contributed by atoms with Crippen LogP contribution in [0.4, 0.5) is 4.39 Å². The number of aryl methyl sites for hydroxylation is 2. The molecule has 0 spiro atoms. The highest BCUT2D eigenvalue weighted by atomic mass is 19.1. The number of hydrogen-bond acceptors (Lipinski definition) is 1. The second-order valence-corrected chi connectivity index (χ2v) is 2.98.